The summed E-state index contributed by atoms with van der Waals surface area (Å²) in [5.74, 6) is -0.467. The molecule has 0 saturated carbocycles. The Bertz CT molecular complexity index is 2180. The number of benzene rings is 2. The van der Waals surface area contributed by atoms with Crippen molar-refractivity contribution in [1.82, 2.24) is 25.2 Å². The average molecular weight is 651 g/mol. The van der Waals surface area contributed by atoms with Gasteiger partial charge in [-0.05, 0) is 55.4 Å². The summed E-state index contributed by atoms with van der Waals surface area (Å²) in [6.45, 7) is -0.271. The molecule has 2 N–H and O–H groups in total. The Labute approximate surface area is 278 Å². The Morgan fingerprint density at radius 3 is 2.72 bits per heavy atom. The van der Waals surface area contributed by atoms with Crippen LogP contribution in [0.3, 0.4) is 0 Å². The lowest BCUT2D eigenvalue weighted by atomic mass is 9.78. The van der Waals surface area contributed by atoms with Gasteiger partial charge in [0.1, 0.15) is 40.6 Å². The molecule has 12 heteroatoms. The van der Waals surface area contributed by atoms with Gasteiger partial charge in [-0.1, -0.05) is 18.9 Å². The third-order valence-electron chi connectivity index (χ3n) is 9.39. The number of likely N-dealkylation sites (tertiary alicyclic amines) is 1. The highest BCUT2D eigenvalue weighted by atomic mass is 19.1. The number of fused-ring (bicyclic) bond motifs is 4. The number of anilines is 1. The normalized spacial score (nSPS) is 26.3. The zero-order valence-corrected chi connectivity index (χ0v) is 25.4. The molecule has 0 aliphatic carbocycles. The standard InChI is InChI=1S/C35H35F3N6O3/c1-5-24-26(37)9-6-19-12-23(45)13-25(27(19)24)30-29(38)31-28(33(40-30)46-4)32(44-15-21-7-8-22(16-44)39-21)42-34(41-31)47-18-35(2)17-43(3)11-10-20(35)14-36/h1,6,9,12-14,21-22,39,45H,7-8,10-11,15-18H2,2-4H3/b20-14+/t21-,22+,35-/m0/s1/i3D3,4D3. The van der Waals surface area contributed by atoms with Crippen LogP contribution in [0.4, 0.5) is 19.0 Å². The van der Waals surface area contributed by atoms with Crippen LogP contribution in [0.15, 0.2) is 36.2 Å². The molecule has 3 aliphatic heterocycles. The second kappa shape index (κ2) is 11.9. The highest BCUT2D eigenvalue weighted by Gasteiger charge is 2.38. The molecular formula is C35H35F3N6O3. The summed E-state index contributed by atoms with van der Waals surface area (Å²) in [5.41, 5.74) is -2.26. The molecule has 3 saturated heterocycles. The van der Waals surface area contributed by atoms with Gasteiger partial charge in [-0.2, -0.15) is 9.97 Å². The maximum Gasteiger partial charge on any atom is 0.319 e. The molecule has 5 heterocycles. The van der Waals surface area contributed by atoms with Crippen LogP contribution in [0.25, 0.3) is 32.9 Å². The van der Waals surface area contributed by atoms with Crippen molar-refractivity contribution in [3.8, 4) is 41.2 Å². The first-order valence-corrected chi connectivity index (χ1v) is 15.2. The third-order valence-corrected chi connectivity index (χ3v) is 9.39. The van der Waals surface area contributed by atoms with Crippen LogP contribution in [-0.4, -0.2) is 83.8 Å². The van der Waals surface area contributed by atoms with Crippen LogP contribution < -0.4 is 19.7 Å². The minimum atomic E-state index is -3.08. The quantitative estimate of drug-likeness (QED) is 0.269. The summed E-state index contributed by atoms with van der Waals surface area (Å²) >= 11 is 0. The molecule has 4 aromatic rings. The second-order valence-corrected chi connectivity index (χ2v) is 12.6. The summed E-state index contributed by atoms with van der Waals surface area (Å²) in [5, 5.41) is 14.3. The maximum atomic E-state index is 17.2. The van der Waals surface area contributed by atoms with E-state index in [1.807, 2.05) is 4.90 Å². The van der Waals surface area contributed by atoms with Crippen LogP contribution in [0, 0.1) is 29.4 Å². The lowest BCUT2D eigenvalue weighted by molar-refractivity contribution is 0.109. The number of hydrogen-bond acceptors (Lipinski definition) is 9. The van der Waals surface area contributed by atoms with Crippen molar-refractivity contribution in [2.45, 2.75) is 38.3 Å². The first kappa shape index (κ1) is 24.6. The van der Waals surface area contributed by atoms with E-state index in [2.05, 4.69) is 26.2 Å². The average Bonchev–Trinajstić information content (AvgIpc) is 3.43. The fraction of sp³-hybridized carbons (Fsp3) is 0.400. The highest BCUT2D eigenvalue weighted by Crippen LogP contribution is 2.43. The predicted octanol–water partition coefficient (Wildman–Crippen LogP) is 5.33. The van der Waals surface area contributed by atoms with E-state index in [0.29, 0.717) is 25.0 Å². The van der Waals surface area contributed by atoms with Gasteiger partial charge in [0.05, 0.1) is 23.0 Å². The Balaban J connectivity index is 1.45. The molecule has 3 atom stereocenters. The van der Waals surface area contributed by atoms with Gasteiger partial charge >= 0.3 is 6.01 Å². The van der Waals surface area contributed by atoms with Gasteiger partial charge in [0.2, 0.25) is 5.88 Å². The van der Waals surface area contributed by atoms with Crippen molar-refractivity contribution < 1.29 is 36.0 Å². The SMILES string of the molecule is [2H]C([2H])([2H])Oc1nc(-c2cc(O)cc3ccc(F)c(C#C)c23)c(F)c2nc(OC[C@]3(C)CN(C([2H])([2H])[2H])CC/C3=C\F)nc(N3C[C@H]4CC[C@@H](C3)N4)c12. The molecule has 0 radical (unpaired) electrons. The number of nitrogens with one attached hydrogen (secondary N) is 1. The number of ether oxygens (including phenoxy) is 2. The van der Waals surface area contributed by atoms with Gasteiger partial charge in [0, 0.05) is 58.7 Å². The van der Waals surface area contributed by atoms with Crippen LogP contribution in [-0.2, 0) is 0 Å². The number of methoxy groups -OCH3 is 1. The summed E-state index contributed by atoms with van der Waals surface area (Å²) in [7, 11) is -3.08. The number of piperazine rings is 1. The number of aromatic hydroxyl groups is 1. The van der Waals surface area contributed by atoms with Crippen molar-refractivity contribution in [3.63, 3.8) is 0 Å². The minimum absolute atomic E-state index is 0.0230. The summed E-state index contributed by atoms with van der Waals surface area (Å²) in [6, 6.07) is 4.61. The minimum Gasteiger partial charge on any atom is -0.508 e. The van der Waals surface area contributed by atoms with Crippen LogP contribution >= 0.6 is 0 Å². The van der Waals surface area contributed by atoms with E-state index >= 15 is 8.78 Å². The smallest absolute Gasteiger partial charge is 0.319 e. The number of aromatic nitrogens is 3. The number of halogens is 3. The number of rotatable bonds is 6. The van der Waals surface area contributed by atoms with E-state index in [1.54, 1.807) is 6.92 Å². The van der Waals surface area contributed by atoms with Gasteiger partial charge in [-0.25, -0.2) is 18.2 Å². The summed E-state index contributed by atoms with van der Waals surface area (Å²) in [4.78, 5) is 16.4. The van der Waals surface area contributed by atoms with Gasteiger partial charge in [-0.3, -0.25) is 0 Å². The maximum absolute atomic E-state index is 17.2. The van der Waals surface area contributed by atoms with Gasteiger partial charge < -0.3 is 29.7 Å². The summed E-state index contributed by atoms with van der Waals surface area (Å²) in [6.07, 6.45) is 7.96. The number of piperidine rings is 1. The van der Waals surface area contributed by atoms with Crippen LogP contribution in [0.1, 0.15) is 40.0 Å². The predicted molar refractivity (Wildman–Crippen MR) is 173 cm³/mol. The number of terminal acetylenes is 1. The lowest BCUT2D eigenvalue weighted by Crippen LogP contribution is -2.51. The molecule has 7 rings (SSSR count). The van der Waals surface area contributed by atoms with Gasteiger partial charge in [-0.15, -0.1) is 6.42 Å². The van der Waals surface area contributed by atoms with Crippen LogP contribution in [0.5, 0.6) is 17.6 Å². The number of phenols is 1. The molecule has 2 bridgehead atoms. The van der Waals surface area contributed by atoms with Crippen molar-refractivity contribution in [2.24, 2.45) is 5.41 Å². The van der Waals surface area contributed by atoms with Crippen molar-refractivity contribution in [1.29, 1.82) is 0 Å². The molecular weight excluding hydrogens is 609 g/mol. The Kier molecular flexibility index (Phi) is 6.21. The molecule has 2 aromatic carbocycles. The number of pyridine rings is 1. The van der Waals surface area contributed by atoms with E-state index in [4.69, 9.17) is 24.1 Å². The Hall–Kier alpha value is -4.60. The topological polar surface area (TPSA) is 95.9 Å². The van der Waals surface area contributed by atoms with E-state index in [1.165, 1.54) is 17.0 Å². The fourth-order valence-electron chi connectivity index (χ4n) is 7.08. The first-order valence-electron chi connectivity index (χ1n) is 18.2. The molecule has 2 aromatic heterocycles. The molecule has 0 unspecified atom stereocenters. The molecule has 47 heavy (non-hydrogen) atoms. The molecule has 244 valence electrons. The molecule has 0 spiro atoms. The monoisotopic (exact) mass is 650 g/mol. The highest BCUT2D eigenvalue weighted by molar-refractivity contribution is 6.04. The largest absolute Gasteiger partial charge is 0.508 e. The number of hydrogen-bond donors (Lipinski definition) is 2. The zero-order chi connectivity index (χ0) is 38.0. The first-order chi connectivity index (χ1) is 25.0. The van der Waals surface area contributed by atoms with Crippen molar-refractivity contribution >= 4 is 27.5 Å². The van der Waals surface area contributed by atoms with E-state index in [0.717, 1.165) is 25.0 Å². The van der Waals surface area contributed by atoms with E-state index in [9.17, 15) is 9.50 Å². The fourth-order valence-corrected chi connectivity index (χ4v) is 7.08. The summed E-state index contributed by atoms with van der Waals surface area (Å²) < 4.78 is 106. The zero-order valence-electron chi connectivity index (χ0n) is 31.4. The van der Waals surface area contributed by atoms with E-state index in [-0.39, 0.29) is 83.1 Å². The molecule has 3 fully saturated rings. The molecule has 0 amide bonds. The molecule has 3 aliphatic rings. The Morgan fingerprint density at radius 2 is 2.00 bits per heavy atom. The van der Waals surface area contributed by atoms with Crippen molar-refractivity contribution in [3.05, 3.63) is 53.4 Å². The third kappa shape index (κ3) is 5.37. The van der Waals surface area contributed by atoms with Gasteiger partial charge in [0.25, 0.3) is 0 Å². The van der Waals surface area contributed by atoms with E-state index < -0.39 is 48.2 Å². The Morgan fingerprint density at radius 1 is 1.19 bits per heavy atom. The lowest BCUT2D eigenvalue weighted by Gasteiger charge is -2.40. The second-order valence-electron chi connectivity index (χ2n) is 12.6. The van der Waals surface area contributed by atoms with Gasteiger partial charge in [0.15, 0.2) is 5.82 Å². The number of phenolic OH excluding ortho intramolecular Hbond substituents is 1. The van der Waals surface area contributed by atoms with Crippen molar-refractivity contribution in [2.75, 3.05) is 51.7 Å². The van der Waals surface area contributed by atoms with Crippen LogP contribution in [0.2, 0.25) is 0 Å². The molecule has 9 nitrogen and oxygen atoms in total. The number of nitrogens with zero attached hydrogens (tertiary/aromatic N) is 5.